The number of fused-ring (bicyclic) bond motifs is 1. The summed E-state index contributed by atoms with van der Waals surface area (Å²) in [5.41, 5.74) is 3.79. The maximum atomic E-state index is 12.4. The van der Waals surface area contributed by atoms with Crippen molar-refractivity contribution >= 4 is 39.9 Å². The molecule has 2 N–H and O–H groups in total. The fourth-order valence-corrected chi connectivity index (χ4v) is 3.41. The van der Waals surface area contributed by atoms with E-state index in [0.717, 1.165) is 27.9 Å². The maximum Gasteiger partial charge on any atom is 0.323 e. The van der Waals surface area contributed by atoms with Crippen molar-refractivity contribution in [3.8, 4) is 22.8 Å². The molecule has 2 amide bonds. The number of benzene rings is 3. The number of nitrogens with zero attached hydrogens (tertiary/aromatic N) is 1. The molecule has 3 aromatic carbocycles. The minimum atomic E-state index is -0.349. The number of methoxy groups -OCH3 is 1. The van der Waals surface area contributed by atoms with Crippen molar-refractivity contribution in [3.63, 3.8) is 0 Å². The van der Waals surface area contributed by atoms with Crippen LogP contribution in [-0.4, -0.2) is 24.7 Å². The molecule has 7 heteroatoms. The average Bonchev–Trinajstić information content (AvgIpc) is 2.80. The lowest BCUT2D eigenvalue weighted by atomic mass is 10.1. The Labute approximate surface area is 191 Å². The van der Waals surface area contributed by atoms with Crippen LogP contribution in [0, 0.1) is 0 Å². The van der Waals surface area contributed by atoms with Gasteiger partial charge in [-0.25, -0.2) is 9.78 Å². The Morgan fingerprint density at radius 1 is 0.938 bits per heavy atom. The van der Waals surface area contributed by atoms with E-state index in [1.807, 2.05) is 55.5 Å². The van der Waals surface area contributed by atoms with Gasteiger partial charge in [0.25, 0.3) is 0 Å². The topological polar surface area (TPSA) is 72.5 Å². The van der Waals surface area contributed by atoms with Crippen LogP contribution in [0.2, 0.25) is 5.02 Å². The van der Waals surface area contributed by atoms with Crippen molar-refractivity contribution in [3.05, 3.63) is 77.8 Å². The van der Waals surface area contributed by atoms with Crippen molar-refractivity contribution in [2.45, 2.75) is 6.92 Å². The molecule has 0 atom stereocenters. The lowest BCUT2D eigenvalue weighted by Crippen LogP contribution is -2.19. The summed E-state index contributed by atoms with van der Waals surface area (Å²) in [7, 11) is 1.60. The number of rotatable bonds is 6. The number of nitrogens with one attached hydrogen (secondary N) is 2. The first-order valence-electron chi connectivity index (χ1n) is 10.1. The first kappa shape index (κ1) is 21.5. The van der Waals surface area contributed by atoms with Crippen molar-refractivity contribution < 1.29 is 14.3 Å². The molecule has 1 aromatic heterocycles. The van der Waals surface area contributed by atoms with Crippen molar-refractivity contribution in [2.75, 3.05) is 24.4 Å². The van der Waals surface area contributed by atoms with Gasteiger partial charge in [0, 0.05) is 33.4 Å². The zero-order valence-corrected chi connectivity index (χ0v) is 18.4. The molecule has 4 aromatic rings. The quantitative estimate of drug-likeness (QED) is 0.349. The molecule has 0 fully saturated rings. The van der Waals surface area contributed by atoms with E-state index in [4.69, 9.17) is 26.1 Å². The fourth-order valence-electron chi connectivity index (χ4n) is 3.28. The second kappa shape index (κ2) is 9.58. The van der Waals surface area contributed by atoms with E-state index in [2.05, 4.69) is 10.6 Å². The van der Waals surface area contributed by atoms with Crippen LogP contribution in [-0.2, 0) is 0 Å². The summed E-state index contributed by atoms with van der Waals surface area (Å²) in [6.07, 6.45) is 0. The molecule has 0 spiro atoms. The Kier molecular flexibility index (Phi) is 6.42. The van der Waals surface area contributed by atoms with Crippen LogP contribution in [0.1, 0.15) is 6.92 Å². The predicted molar refractivity (Wildman–Crippen MR) is 129 cm³/mol. The number of carbonyl (C=O) groups is 1. The van der Waals surface area contributed by atoms with Gasteiger partial charge in [0.2, 0.25) is 0 Å². The van der Waals surface area contributed by atoms with Crippen LogP contribution < -0.4 is 20.1 Å². The highest BCUT2D eigenvalue weighted by Crippen LogP contribution is 2.32. The van der Waals surface area contributed by atoms with Gasteiger partial charge >= 0.3 is 6.03 Å². The molecule has 4 rings (SSSR count). The van der Waals surface area contributed by atoms with E-state index in [1.165, 1.54) is 0 Å². The molecule has 0 aliphatic rings. The summed E-state index contributed by atoms with van der Waals surface area (Å²) in [5, 5.41) is 7.14. The average molecular weight is 448 g/mol. The van der Waals surface area contributed by atoms with Gasteiger partial charge in [-0.15, -0.1) is 0 Å². The summed E-state index contributed by atoms with van der Waals surface area (Å²) in [6.45, 7) is 2.44. The molecule has 32 heavy (non-hydrogen) atoms. The van der Waals surface area contributed by atoms with Gasteiger partial charge in [-0.1, -0.05) is 23.7 Å². The third kappa shape index (κ3) is 4.92. The number of halogens is 1. The molecule has 0 saturated heterocycles. The number of pyridine rings is 1. The zero-order chi connectivity index (χ0) is 22.5. The van der Waals surface area contributed by atoms with Gasteiger partial charge in [0.15, 0.2) is 0 Å². The largest absolute Gasteiger partial charge is 0.497 e. The first-order valence-corrected chi connectivity index (χ1v) is 10.5. The van der Waals surface area contributed by atoms with Crippen LogP contribution in [0.3, 0.4) is 0 Å². The number of anilines is 2. The standard InChI is InChI=1S/C25H22ClN3O3/c1-3-32-24-15-23(16-4-6-17(26)7-5-16)29-22-13-10-19(14-21(22)24)28-25(30)27-18-8-11-20(31-2)12-9-18/h4-15H,3H2,1-2H3,(H2,27,28,30). The van der Waals surface area contributed by atoms with E-state index in [0.29, 0.717) is 28.8 Å². The van der Waals surface area contributed by atoms with Crippen molar-refractivity contribution in [1.29, 1.82) is 0 Å². The number of hydrogen-bond acceptors (Lipinski definition) is 4. The van der Waals surface area contributed by atoms with Crippen LogP contribution >= 0.6 is 11.6 Å². The molecule has 0 aliphatic heterocycles. The summed E-state index contributed by atoms with van der Waals surface area (Å²) < 4.78 is 11.0. The van der Waals surface area contributed by atoms with E-state index >= 15 is 0 Å². The summed E-state index contributed by atoms with van der Waals surface area (Å²) in [6, 6.07) is 21.7. The van der Waals surface area contributed by atoms with Crippen molar-refractivity contribution in [1.82, 2.24) is 4.98 Å². The van der Waals surface area contributed by atoms with Crippen LogP contribution in [0.15, 0.2) is 72.8 Å². The lowest BCUT2D eigenvalue weighted by Gasteiger charge is -2.13. The highest BCUT2D eigenvalue weighted by Gasteiger charge is 2.11. The minimum absolute atomic E-state index is 0.349. The molecular weight excluding hydrogens is 426 g/mol. The summed E-state index contributed by atoms with van der Waals surface area (Å²) in [4.78, 5) is 17.2. The van der Waals surface area contributed by atoms with E-state index in [-0.39, 0.29) is 6.03 Å². The normalized spacial score (nSPS) is 10.6. The van der Waals surface area contributed by atoms with Gasteiger partial charge in [-0.3, -0.25) is 0 Å². The second-order valence-corrected chi connectivity index (χ2v) is 7.42. The van der Waals surface area contributed by atoms with Crippen LogP contribution in [0.4, 0.5) is 16.2 Å². The number of ether oxygens (including phenoxy) is 2. The number of aromatic nitrogens is 1. The number of hydrogen-bond donors (Lipinski definition) is 2. The number of amides is 2. The summed E-state index contributed by atoms with van der Waals surface area (Å²) in [5.74, 6) is 1.42. The Bertz CT molecular complexity index is 1240. The van der Waals surface area contributed by atoms with Crippen LogP contribution in [0.5, 0.6) is 11.5 Å². The van der Waals surface area contributed by atoms with Crippen LogP contribution in [0.25, 0.3) is 22.2 Å². The highest BCUT2D eigenvalue weighted by atomic mass is 35.5. The van der Waals surface area contributed by atoms with Gasteiger partial charge in [-0.05, 0) is 61.5 Å². The molecule has 0 radical (unpaired) electrons. The Morgan fingerprint density at radius 3 is 2.31 bits per heavy atom. The molecule has 0 unspecified atom stereocenters. The second-order valence-electron chi connectivity index (χ2n) is 6.99. The molecule has 0 aliphatic carbocycles. The molecule has 1 heterocycles. The highest BCUT2D eigenvalue weighted by molar-refractivity contribution is 6.30. The minimum Gasteiger partial charge on any atom is -0.497 e. The molecule has 6 nitrogen and oxygen atoms in total. The maximum absolute atomic E-state index is 12.4. The molecule has 0 saturated carbocycles. The molecule has 0 bridgehead atoms. The van der Waals surface area contributed by atoms with Gasteiger partial charge < -0.3 is 20.1 Å². The van der Waals surface area contributed by atoms with E-state index in [1.54, 1.807) is 31.4 Å². The van der Waals surface area contributed by atoms with E-state index in [9.17, 15) is 4.79 Å². The predicted octanol–water partition coefficient (Wildman–Crippen LogP) is 6.61. The number of carbonyl (C=O) groups excluding carboxylic acids is 1. The first-order chi connectivity index (χ1) is 15.6. The number of urea groups is 1. The third-order valence-corrected chi connectivity index (χ3v) is 5.07. The Balaban J connectivity index is 1.59. The van der Waals surface area contributed by atoms with Gasteiger partial charge in [-0.2, -0.15) is 0 Å². The Morgan fingerprint density at radius 2 is 1.62 bits per heavy atom. The fraction of sp³-hybridized carbons (Fsp3) is 0.120. The van der Waals surface area contributed by atoms with Gasteiger partial charge in [0.1, 0.15) is 11.5 Å². The summed E-state index contributed by atoms with van der Waals surface area (Å²) >= 11 is 6.01. The van der Waals surface area contributed by atoms with E-state index < -0.39 is 0 Å². The Hall–Kier alpha value is -3.77. The monoisotopic (exact) mass is 447 g/mol. The lowest BCUT2D eigenvalue weighted by molar-refractivity contribution is 0.262. The SMILES string of the molecule is CCOc1cc(-c2ccc(Cl)cc2)nc2ccc(NC(=O)Nc3ccc(OC)cc3)cc12. The van der Waals surface area contributed by atoms with Gasteiger partial charge in [0.05, 0.1) is 24.9 Å². The molecular formula is C25H22ClN3O3. The smallest absolute Gasteiger partial charge is 0.323 e. The molecule has 162 valence electrons. The third-order valence-electron chi connectivity index (χ3n) is 4.82. The van der Waals surface area contributed by atoms with Crippen molar-refractivity contribution in [2.24, 2.45) is 0 Å². The zero-order valence-electron chi connectivity index (χ0n) is 17.7.